The maximum atomic E-state index is 12.3. The van der Waals surface area contributed by atoms with Crippen LogP contribution in [0.4, 0.5) is 0 Å². The van der Waals surface area contributed by atoms with Crippen molar-refractivity contribution in [3.05, 3.63) is 35.9 Å². The molecule has 0 bridgehead atoms. The van der Waals surface area contributed by atoms with Gasteiger partial charge in [0, 0.05) is 25.7 Å². The number of rotatable bonds is 5. The molecule has 3 atom stereocenters. The van der Waals surface area contributed by atoms with Crippen molar-refractivity contribution in [2.75, 3.05) is 19.6 Å². The van der Waals surface area contributed by atoms with E-state index in [9.17, 15) is 8.42 Å². The van der Waals surface area contributed by atoms with Crippen LogP contribution in [-0.2, 0) is 14.9 Å². The van der Waals surface area contributed by atoms with Gasteiger partial charge < -0.3 is 10.5 Å². The van der Waals surface area contributed by atoms with E-state index in [1.165, 1.54) is 4.31 Å². The van der Waals surface area contributed by atoms with Crippen LogP contribution >= 0.6 is 0 Å². The van der Waals surface area contributed by atoms with Crippen molar-refractivity contribution in [3.63, 3.8) is 0 Å². The molecule has 0 saturated carbocycles. The lowest BCUT2D eigenvalue weighted by molar-refractivity contribution is -0.0443. The van der Waals surface area contributed by atoms with Crippen LogP contribution < -0.4 is 10.5 Å². The topological polar surface area (TPSA) is 84.7 Å². The van der Waals surface area contributed by atoms with Gasteiger partial charge in [-0.25, -0.2) is 4.72 Å². The Hall–Kier alpha value is -0.990. The van der Waals surface area contributed by atoms with Crippen LogP contribution in [-0.4, -0.2) is 44.6 Å². The Morgan fingerprint density at radius 1 is 1.29 bits per heavy atom. The van der Waals surface area contributed by atoms with Gasteiger partial charge in [-0.1, -0.05) is 30.3 Å². The third-order valence-corrected chi connectivity index (χ3v) is 4.95. The van der Waals surface area contributed by atoms with Crippen molar-refractivity contribution in [1.82, 2.24) is 9.03 Å². The highest BCUT2D eigenvalue weighted by molar-refractivity contribution is 7.87. The third kappa shape index (κ3) is 4.49. The molecule has 118 valence electrons. The van der Waals surface area contributed by atoms with Crippen molar-refractivity contribution in [3.8, 4) is 0 Å². The van der Waals surface area contributed by atoms with Crippen LogP contribution in [0, 0.1) is 0 Å². The van der Waals surface area contributed by atoms with Gasteiger partial charge in [-0.3, -0.25) is 0 Å². The van der Waals surface area contributed by atoms with Crippen LogP contribution in [0.15, 0.2) is 30.3 Å². The molecule has 0 radical (unpaired) electrons. The maximum absolute atomic E-state index is 12.3. The van der Waals surface area contributed by atoms with E-state index >= 15 is 0 Å². The van der Waals surface area contributed by atoms with E-state index in [0.717, 1.165) is 5.56 Å². The van der Waals surface area contributed by atoms with Crippen LogP contribution in [0.3, 0.4) is 0 Å². The molecular formula is C14H23N3O3S. The first kappa shape index (κ1) is 16.4. The van der Waals surface area contributed by atoms with Crippen LogP contribution in [0.2, 0.25) is 0 Å². The van der Waals surface area contributed by atoms with Gasteiger partial charge in [-0.05, 0) is 19.4 Å². The van der Waals surface area contributed by atoms with E-state index in [0.29, 0.717) is 13.1 Å². The van der Waals surface area contributed by atoms with Crippen molar-refractivity contribution < 1.29 is 13.2 Å². The van der Waals surface area contributed by atoms with Crippen LogP contribution in [0.1, 0.15) is 25.5 Å². The minimum absolute atomic E-state index is 0.104. The molecule has 2 rings (SSSR count). The second-order valence-corrected chi connectivity index (χ2v) is 7.20. The van der Waals surface area contributed by atoms with Crippen LogP contribution in [0.5, 0.6) is 0 Å². The molecule has 0 aliphatic carbocycles. The first-order valence-electron chi connectivity index (χ1n) is 7.09. The Morgan fingerprint density at radius 2 is 1.86 bits per heavy atom. The molecule has 1 aliphatic rings. The first-order chi connectivity index (χ1) is 9.88. The van der Waals surface area contributed by atoms with Gasteiger partial charge in [-0.2, -0.15) is 12.7 Å². The van der Waals surface area contributed by atoms with Crippen LogP contribution in [0.25, 0.3) is 0 Å². The number of nitrogens with zero attached hydrogens (tertiary/aromatic N) is 1. The smallest absolute Gasteiger partial charge is 0.279 e. The zero-order chi connectivity index (χ0) is 15.5. The quantitative estimate of drug-likeness (QED) is 0.835. The molecule has 21 heavy (non-hydrogen) atoms. The van der Waals surface area contributed by atoms with E-state index in [1.807, 2.05) is 44.2 Å². The Labute approximate surface area is 126 Å². The number of benzene rings is 1. The van der Waals surface area contributed by atoms with Crippen molar-refractivity contribution >= 4 is 10.2 Å². The average Bonchev–Trinajstić information content (AvgIpc) is 2.45. The number of hydrogen-bond acceptors (Lipinski definition) is 4. The molecule has 7 heteroatoms. The Balaban J connectivity index is 1.95. The number of ether oxygens (including phenoxy) is 1. The first-order valence-corrected chi connectivity index (χ1v) is 8.53. The van der Waals surface area contributed by atoms with Crippen molar-refractivity contribution in [1.29, 1.82) is 0 Å². The van der Waals surface area contributed by atoms with Crippen molar-refractivity contribution in [2.24, 2.45) is 5.73 Å². The summed E-state index contributed by atoms with van der Waals surface area (Å²) in [7, 11) is -3.53. The molecule has 1 aromatic rings. The van der Waals surface area contributed by atoms with Gasteiger partial charge in [0.15, 0.2) is 0 Å². The molecule has 1 heterocycles. The normalized spacial score (nSPS) is 25.7. The Bertz CT molecular complexity index is 540. The Morgan fingerprint density at radius 3 is 2.43 bits per heavy atom. The predicted molar refractivity (Wildman–Crippen MR) is 81.9 cm³/mol. The van der Waals surface area contributed by atoms with Gasteiger partial charge in [0.05, 0.1) is 12.2 Å². The molecule has 1 aromatic carbocycles. The molecule has 3 N–H and O–H groups in total. The molecule has 1 aliphatic heterocycles. The molecule has 0 spiro atoms. The van der Waals surface area contributed by atoms with Crippen molar-refractivity contribution in [2.45, 2.75) is 32.1 Å². The zero-order valence-electron chi connectivity index (χ0n) is 12.4. The van der Waals surface area contributed by atoms with E-state index in [4.69, 9.17) is 10.5 Å². The maximum Gasteiger partial charge on any atom is 0.279 e. The highest BCUT2D eigenvalue weighted by Crippen LogP contribution is 2.14. The van der Waals surface area contributed by atoms with Gasteiger partial charge in [0.2, 0.25) is 0 Å². The SMILES string of the molecule is C[C@@H]1CN(S(=O)(=O)NC[C@@H](N)c2ccccc2)C[C@H](C)O1. The zero-order valence-corrected chi connectivity index (χ0v) is 13.2. The van der Waals surface area contributed by atoms with Gasteiger partial charge >= 0.3 is 0 Å². The summed E-state index contributed by atoms with van der Waals surface area (Å²) in [5.74, 6) is 0. The highest BCUT2D eigenvalue weighted by atomic mass is 32.2. The minimum Gasteiger partial charge on any atom is -0.373 e. The summed E-state index contributed by atoms with van der Waals surface area (Å²) in [5.41, 5.74) is 6.92. The summed E-state index contributed by atoms with van der Waals surface area (Å²) >= 11 is 0. The number of nitrogens with one attached hydrogen (secondary N) is 1. The van der Waals surface area contributed by atoms with E-state index in [-0.39, 0.29) is 24.8 Å². The summed E-state index contributed by atoms with van der Waals surface area (Å²) in [6, 6.07) is 9.08. The molecule has 1 fully saturated rings. The summed E-state index contributed by atoms with van der Waals surface area (Å²) in [5, 5.41) is 0. The number of nitrogens with two attached hydrogens (primary N) is 1. The fourth-order valence-electron chi connectivity index (χ4n) is 2.43. The standard InChI is InChI=1S/C14H23N3O3S/c1-11-9-17(10-12(2)20-11)21(18,19)16-8-14(15)13-6-4-3-5-7-13/h3-7,11-12,14,16H,8-10,15H2,1-2H3/t11-,12+,14-/m1/s1. The largest absolute Gasteiger partial charge is 0.373 e. The summed E-state index contributed by atoms with van der Waals surface area (Å²) in [4.78, 5) is 0. The highest BCUT2D eigenvalue weighted by Gasteiger charge is 2.30. The summed E-state index contributed by atoms with van der Waals surface area (Å²) < 4.78 is 34.2. The average molecular weight is 313 g/mol. The lowest BCUT2D eigenvalue weighted by Crippen LogP contribution is -2.52. The molecule has 0 aromatic heterocycles. The van der Waals surface area contributed by atoms with E-state index < -0.39 is 10.2 Å². The monoisotopic (exact) mass is 313 g/mol. The molecular weight excluding hydrogens is 290 g/mol. The van der Waals surface area contributed by atoms with Gasteiger partial charge in [0.25, 0.3) is 10.2 Å². The number of hydrogen-bond donors (Lipinski definition) is 2. The Kier molecular flexibility index (Phi) is 5.34. The molecule has 0 amide bonds. The number of morpholine rings is 1. The fourth-order valence-corrected chi connectivity index (χ4v) is 3.82. The third-order valence-electron chi connectivity index (χ3n) is 3.44. The second kappa shape index (κ2) is 6.85. The lowest BCUT2D eigenvalue weighted by atomic mass is 10.1. The molecule has 1 saturated heterocycles. The molecule has 0 unspecified atom stereocenters. The van der Waals surface area contributed by atoms with E-state index in [1.54, 1.807) is 0 Å². The molecule has 6 nitrogen and oxygen atoms in total. The minimum atomic E-state index is -3.53. The fraction of sp³-hybridized carbons (Fsp3) is 0.571. The van der Waals surface area contributed by atoms with E-state index in [2.05, 4.69) is 4.72 Å². The van der Waals surface area contributed by atoms with Gasteiger partial charge in [0.1, 0.15) is 0 Å². The second-order valence-electron chi connectivity index (χ2n) is 5.44. The summed E-state index contributed by atoms with van der Waals surface area (Å²) in [6.07, 6.45) is -0.207. The predicted octanol–water partition coefficient (Wildman–Crippen LogP) is 0.630. The summed E-state index contributed by atoms with van der Waals surface area (Å²) in [6.45, 7) is 4.63. The van der Waals surface area contributed by atoms with Gasteiger partial charge in [-0.15, -0.1) is 0 Å². The lowest BCUT2D eigenvalue weighted by Gasteiger charge is -2.34.